The average Bonchev–Trinajstić information content (AvgIpc) is 2.92. The largest absolute Gasteiger partial charge is 0.492 e. The first-order valence-electron chi connectivity index (χ1n) is 11.1. The van der Waals surface area contributed by atoms with Crippen LogP contribution in [0.2, 0.25) is 0 Å². The molecule has 0 bridgehead atoms. The molecule has 4 heterocycles. The van der Waals surface area contributed by atoms with Gasteiger partial charge >= 0.3 is 0 Å². The van der Waals surface area contributed by atoms with E-state index in [0.717, 1.165) is 39.4 Å². The number of hydrogen-bond acceptors (Lipinski definition) is 6. The SMILES string of the molecule is CCN1c2ncc(CCOc3ccnc4ccccc34)cc2C(=O)N(C)c2ccc(C)nc21. The number of carbonyl (C=O) groups is 1. The van der Waals surface area contributed by atoms with Gasteiger partial charge in [0.1, 0.15) is 11.6 Å². The molecule has 7 nitrogen and oxygen atoms in total. The lowest BCUT2D eigenvalue weighted by Gasteiger charge is -2.23. The summed E-state index contributed by atoms with van der Waals surface area (Å²) in [6, 6.07) is 15.6. The summed E-state index contributed by atoms with van der Waals surface area (Å²) >= 11 is 0. The number of fused-ring (bicyclic) bond motifs is 3. The van der Waals surface area contributed by atoms with E-state index in [1.165, 1.54) is 0 Å². The second-order valence-corrected chi connectivity index (χ2v) is 8.04. The van der Waals surface area contributed by atoms with Crippen LogP contribution in [0.15, 0.2) is 60.9 Å². The Kier molecular flexibility index (Phi) is 5.38. The Morgan fingerprint density at radius 2 is 1.88 bits per heavy atom. The Bertz CT molecular complexity index is 1350. The molecule has 0 atom stereocenters. The van der Waals surface area contributed by atoms with E-state index in [1.807, 2.05) is 73.5 Å². The standard InChI is InChI=1S/C26H25N5O2/c1-4-31-24-20(26(32)30(3)22-10-9-17(2)29-25(22)31)15-18(16-28-24)12-14-33-23-11-13-27-21-8-6-5-7-19(21)23/h5-11,13,15-16H,4,12,14H2,1-3H3. The molecule has 7 heteroatoms. The van der Waals surface area contributed by atoms with Crippen LogP contribution in [0.25, 0.3) is 10.9 Å². The van der Waals surface area contributed by atoms with Gasteiger partial charge in [-0.1, -0.05) is 12.1 Å². The molecule has 0 N–H and O–H groups in total. The highest BCUT2D eigenvalue weighted by Crippen LogP contribution is 2.38. The summed E-state index contributed by atoms with van der Waals surface area (Å²) in [6.45, 7) is 5.11. The predicted molar refractivity (Wildman–Crippen MR) is 130 cm³/mol. The highest BCUT2D eigenvalue weighted by atomic mass is 16.5. The second kappa shape index (κ2) is 8.50. The van der Waals surface area contributed by atoms with Crippen molar-refractivity contribution in [2.24, 2.45) is 0 Å². The van der Waals surface area contributed by atoms with Crippen molar-refractivity contribution in [3.8, 4) is 5.75 Å². The first-order valence-corrected chi connectivity index (χ1v) is 11.1. The molecular formula is C26H25N5O2. The third-order valence-electron chi connectivity index (χ3n) is 5.90. The topological polar surface area (TPSA) is 71.5 Å². The van der Waals surface area contributed by atoms with Crippen molar-refractivity contribution >= 4 is 34.1 Å². The van der Waals surface area contributed by atoms with Crippen LogP contribution < -0.4 is 14.5 Å². The molecule has 1 aliphatic rings. The quantitative estimate of drug-likeness (QED) is 0.449. The van der Waals surface area contributed by atoms with E-state index in [-0.39, 0.29) is 5.91 Å². The summed E-state index contributed by atoms with van der Waals surface area (Å²) in [6.07, 6.45) is 4.21. The van der Waals surface area contributed by atoms with Gasteiger partial charge in [0.25, 0.3) is 5.91 Å². The number of carbonyl (C=O) groups excluding carboxylic acids is 1. The van der Waals surface area contributed by atoms with Gasteiger partial charge in [-0.05, 0) is 55.8 Å². The Morgan fingerprint density at radius 3 is 2.73 bits per heavy atom. The molecule has 1 aliphatic heterocycles. The maximum absolute atomic E-state index is 13.3. The van der Waals surface area contributed by atoms with Crippen molar-refractivity contribution in [1.29, 1.82) is 0 Å². The number of nitrogens with zero attached hydrogens (tertiary/aromatic N) is 5. The lowest BCUT2D eigenvalue weighted by Crippen LogP contribution is -2.25. The maximum Gasteiger partial charge on any atom is 0.261 e. The summed E-state index contributed by atoms with van der Waals surface area (Å²) in [5.41, 5.74) is 4.09. The molecular weight excluding hydrogens is 414 g/mol. The molecule has 4 aromatic rings. The van der Waals surface area contributed by atoms with Gasteiger partial charge in [0.2, 0.25) is 0 Å². The number of anilines is 3. The minimum Gasteiger partial charge on any atom is -0.492 e. The fourth-order valence-electron chi connectivity index (χ4n) is 4.17. The number of para-hydroxylation sites is 1. The molecule has 0 saturated carbocycles. The summed E-state index contributed by atoms with van der Waals surface area (Å²) in [7, 11) is 1.78. The van der Waals surface area contributed by atoms with E-state index in [9.17, 15) is 4.79 Å². The smallest absolute Gasteiger partial charge is 0.261 e. The van der Waals surface area contributed by atoms with Gasteiger partial charge in [-0.15, -0.1) is 0 Å². The Balaban J connectivity index is 1.42. The summed E-state index contributed by atoms with van der Waals surface area (Å²) in [5.74, 6) is 2.09. The highest BCUT2D eigenvalue weighted by molar-refractivity contribution is 6.12. The molecule has 0 fully saturated rings. The minimum absolute atomic E-state index is 0.0942. The molecule has 1 aromatic carbocycles. The number of aromatic nitrogens is 3. The van der Waals surface area contributed by atoms with E-state index in [2.05, 4.69) is 4.98 Å². The predicted octanol–water partition coefficient (Wildman–Crippen LogP) is 4.70. The monoisotopic (exact) mass is 439 g/mol. The fraction of sp³-hybridized carbons (Fsp3) is 0.231. The molecule has 0 spiro atoms. The van der Waals surface area contributed by atoms with Crippen LogP contribution in [0.4, 0.5) is 17.3 Å². The number of rotatable bonds is 5. The number of ether oxygens (including phenoxy) is 1. The molecule has 33 heavy (non-hydrogen) atoms. The number of amides is 1. The maximum atomic E-state index is 13.3. The Morgan fingerprint density at radius 1 is 1.03 bits per heavy atom. The summed E-state index contributed by atoms with van der Waals surface area (Å²) < 4.78 is 6.06. The van der Waals surface area contributed by atoms with E-state index in [0.29, 0.717) is 31.0 Å². The zero-order chi connectivity index (χ0) is 22.9. The van der Waals surface area contributed by atoms with Crippen molar-refractivity contribution in [2.45, 2.75) is 20.3 Å². The minimum atomic E-state index is -0.0942. The third-order valence-corrected chi connectivity index (χ3v) is 5.90. The molecule has 0 radical (unpaired) electrons. The Labute approximate surface area is 192 Å². The number of benzene rings is 1. The molecule has 1 amide bonds. The first-order chi connectivity index (χ1) is 16.1. The van der Waals surface area contributed by atoms with Gasteiger partial charge in [-0.3, -0.25) is 9.78 Å². The molecule has 0 aliphatic carbocycles. The lowest BCUT2D eigenvalue weighted by atomic mass is 10.1. The second-order valence-electron chi connectivity index (χ2n) is 8.04. The van der Waals surface area contributed by atoms with E-state index in [1.54, 1.807) is 18.1 Å². The molecule has 0 saturated heterocycles. The van der Waals surface area contributed by atoms with Crippen molar-refractivity contribution in [2.75, 3.05) is 30.0 Å². The zero-order valence-corrected chi connectivity index (χ0v) is 18.9. The number of pyridine rings is 3. The van der Waals surface area contributed by atoms with Gasteiger partial charge < -0.3 is 14.5 Å². The van der Waals surface area contributed by atoms with Crippen molar-refractivity contribution in [3.05, 3.63) is 77.7 Å². The van der Waals surface area contributed by atoms with Crippen LogP contribution in [0, 0.1) is 6.92 Å². The van der Waals surface area contributed by atoms with Gasteiger partial charge in [0.15, 0.2) is 5.82 Å². The van der Waals surface area contributed by atoms with Gasteiger partial charge in [0, 0.05) is 43.5 Å². The van der Waals surface area contributed by atoms with Crippen LogP contribution >= 0.6 is 0 Å². The van der Waals surface area contributed by atoms with Crippen molar-refractivity contribution in [3.63, 3.8) is 0 Å². The van der Waals surface area contributed by atoms with Gasteiger partial charge in [-0.2, -0.15) is 0 Å². The lowest BCUT2D eigenvalue weighted by molar-refractivity contribution is 0.0994. The summed E-state index contributed by atoms with van der Waals surface area (Å²) in [5, 5.41) is 0.982. The van der Waals surface area contributed by atoms with E-state index < -0.39 is 0 Å². The zero-order valence-electron chi connectivity index (χ0n) is 18.9. The number of aryl methyl sites for hydroxylation is 1. The molecule has 5 rings (SSSR count). The number of hydrogen-bond donors (Lipinski definition) is 0. The van der Waals surface area contributed by atoms with Crippen molar-refractivity contribution in [1.82, 2.24) is 15.0 Å². The van der Waals surface area contributed by atoms with Crippen LogP contribution in [-0.2, 0) is 6.42 Å². The van der Waals surface area contributed by atoms with E-state index in [4.69, 9.17) is 14.7 Å². The molecule has 166 valence electrons. The molecule has 3 aromatic heterocycles. The first kappa shape index (κ1) is 20.9. The van der Waals surface area contributed by atoms with Crippen molar-refractivity contribution < 1.29 is 9.53 Å². The van der Waals surface area contributed by atoms with Crippen LogP contribution in [-0.4, -0.2) is 41.1 Å². The van der Waals surface area contributed by atoms with Crippen LogP contribution in [0.1, 0.15) is 28.5 Å². The third kappa shape index (κ3) is 3.75. The summed E-state index contributed by atoms with van der Waals surface area (Å²) in [4.78, 5) is 30.8. The average molecular weight is 440 g/mol. The van der Waals surface area contributed by atoms with E-state index >= 15 is 0 Å². The molecule has 0 unspecified atom stereocenters. The normalized spacial score (nSPS) is 13.0. The van der Waals surface area contributed by atoms with Crippen LogP contribution in [0.3, 0.4) is 0 Å². The fourth-order valence-corrected chi connectivity index (χ4v) is 4.17. The van der Waals surface area contributed by atoms with Crippen LogP contribution in [0.5, 0.6) is 5.75 Å². The highest BCUT2D eigenvalue weighted by Gasteiger charge is 2.30. The Hall–Kier alpha value is -4.00. The van der Waals surface area contributed by atoms with Gasteiger partial charge in [0.05, 0.1) is 23.4 Å². The van der Waals surface area contributed by atoms with Gasteiger partial charge in [-0.25, -0.2) is 9.97 Å².